The molecule has 0 saturated heterocycles. The van der Waals surface area contributed by atoms with Gasteiger partial charge in [-0.25, -0.2) is 0 Å². The molecule has 0 spiro atoms. The molecule has 0 bridgehead atoms. The lowest BCUT2D eigenvalue weighted by molar-refractivity contribution is -0.140. The fourth-order valence-corrected chi connectivity index (χ4v) is 3.18. The van der Waals surface area contributed by atoms with Gasteiger partial charge in [-0.1, -0.05) is 55.5 Å². The van der Waals surface area contributed by atoms with Crippen LogP contribution in [0, 0.1) is 13.8 Å². The predicted octanol–water partition coefficient (Wildman–Crippen LogP) is 3.79. The second kappa shape index (κ2) is 9.91. The van der Waals surface area contributed by atoms with Crippen molar-refractivity contribution in [1.29, 1.82) is 0 Å². The highest BCUT2D eigenvalue weighted by molar-refractivity contribution is 5.88. The molecule has 0 aliphatic carbocycles. The van der Waals surface area contributed by atoms with E-state index in [-0.39, 0.29) is 11.8 Å². The van der Waals surface area contributed by atoms with Crippen molar-refractivity contribution >= 4 is 11.8 Å². The highest BCUT2D eigenvalue weighted by Crippen LogP contribution is 2.16. The highest BCUT2D eigenvalue weighted by Gasteiger charge is 2.28. The zero-order valence-corrected chi connectivity index (χ0v) is 16.8. The van der Waals surface area contributed by atoms with Crippen LogP contribution in [-0.2, 0) is 22.6 Å². The molecule has 2 rings (SSSR count). The number of nitrogens with zero attached hydrogens (tertiary/aromatic N) is 1. The van der Waals surface area contributed by atoms with Crippen molar-refractivity contribution in [3.63, 3.8) is 0 Å². The monoisotopic (exact) mass is 366 g/mol. The average molecular weight is 367 g/mol. The fourth-order valence-electron chi connectivity index (χ4n) is 3.18. The third-order valence-electron chi connectivity index (χ3n) is 4.86. The summed E-state index contributed by atoms with van der Waals surface area (Å²) < 4.78 is 0. The molecule has 0 fully saturated rings. The van der Waals surface area contributed by atoms with Gasteiger partial charge in [-0.3, -0.25) is 9.59 Å². The molecule has 0 aromatic heterocycles. The summed E-state index contributed by atoms with van der Waals surface area (Å²) in [4.78, 5) is 27.4. The molecule has 0 saturated carbocycles. The van der Waals surface area contributed by atoms with E-state index in [0.717, 1.165) is 11.1 Å². The SMILES string of the molecule is CCNC(=O)[C@@H](CC)N(Cc1ccccc1)C(=O)Cc1ccc(C)c(C)c1. The minimum absolute atomic E-state index is 0.0276. The third kappa shape index (κ3) is 5.68. The molecule has 1 atom stereocenters. The number of likely N-dealkylation sites (N-methyl/N-ethyl adjacent to an activating group) is 1. The van der Waals surface area contributed by atoms with E-state index in [1.54, 1.807) is 4.90 Å². The smallest absolute Gasteiger partial charge is 0.242 e. The fraction of sp³-hybridized carbons (Fsp3) is 0.391. The van der Waals surface area contributed by atoms with Crippen LogP contribution in [0.15, 0.2) is 48.5 Å². The lowest BCUT2D eigenvalue weighted by atomic mass is 10.0. The van der Waals surface area contributed by atoms with Gasteiger partial charge < -0.3 is 10.2 Å². The number of nitrogens with one attached hydrogen (secondary N) is 1. The van der Waals surface area contributed by atoms with Crippen molar-refractivity contribution in [3.8, 4) is 0 Å². The van der Waals surface area contributed by atoms with Gasteiger partial charge in [0.2, 0.25) is 11.8 Å². The first-order valence-corrected chi connectivity index (χ1v) is 9.63. The first-order chi connectivity index (χ1) is 13.0. The normalized spacial score (nSPS) is 11.7. The summed E-state index contributed by atoms with van der Waals surface area (Å²) in [5.74, 6) is -0.121. The molecule has 144 valence electrons. The first kappa shape index (κ1) is 20.7. The van der Waals surface area contributed by atoms with Crippen LogP contribution in [0.2, 0.25) is 0 Å². The van der Waals surface area contributed by atoms with Crippen molar-refractivity contribution in [2.24, 2.45) is 0 Å². The van der Waals surface area contributed by atoms with Crippen LogP contribution in [0.4, 0.5) is 0 Å². The molecule has 4 heteroatoms. The summed E-state index contributed by atoms with van der Waals surface area (Å²) >= 11 is 0. The molecular formula is C23H30N2O2. The van der Waals surface area contributed by atoms with Gasteiger partial charge in [0, 0.05) is 13.1 Å². The Morgan fingerprint density at radius 3 is 2.26 bits per heavy atom. The number of amides is 2. The van der Waals surface area contributed by atoms with E-state index in [1.807, 2.05) is 56.3 Å². The van der Waals surface area contributed by atoms with Gasteiger partial charge in [0.15, 0.2) is 0 Å². The second-order valence-corrected chi connectivity index (χ2v) is 6.92. The minimum atomic E-state index is -0.468. The molecule has 4 nitrogen and oxygen atoms in total. The lowest BCUT2D eigenvalue weighted by Gasteiger charge is -2.30. The van der Waals surface area contributed by atoms with Crippen LogP contribution in [0.3, 0.4) is 0 Å². The zero-order valence-electron chi connectivity index (χ0n) is 16.8. The molecule has 0 aliphatic rings. The Bertz CT molecular complexity index is 771. The van der Waals surface area contributed by atoms with Crippen LogP contribution in [0.5, 0.6) is 0 Å². The van der Waals surface area contributed by atoms with Crippen molar-refractivity contribution in [3.05, 3.63) is 70.8 Å². The molecule has 2 aromatic rings. The topological polar surface area (TPSA) is 49.4 Å². The molecule has 1 N–H and O–H groups in total. The maximum atomic E-state index is 13.2. The average Bonchev–Trinajstić information content (AvgIpc) is 2.65. The van der Waals surface area contributed by atoms with Crippen molar-refractivity contribution in [2.45, 2.75) is 53.1 Å². The highest BCUT2D eigenvalue weighted by atomic mass is 16.2. The Morgan fingerprint density at radius 2 is 1.67 bits per heavy atom. The number of carbonyl (C=O) groups excluding carboxylic acids is 2. The van der Waals surface area contributed by atoms with Crippen molar-refractivity contribution in [2.75, 3.05) is 6.54 Å². The maximum absolute atomic E-state index is 13.2. The summed E-state index contributed by atoms with van der Waals surface area (Å²) in [6.45, 7) is 8.93. The summed E-state index contributed by atoms with van der Waals surface area (Å²) in [7, 11) is 0. The predicted molar refractivity (Wildman–Crippen MR) is 109 cm³/mol. The number of benzene rings is 2. The Morgan fingerprint density at radius 1 is 0.963 bits per heavy atom. The van der Waals surface area contributed by atoms with Crippen molar-refractivity contribution < 1.29 is 9.59 Å². The van der Waals surface area contributed by atoms with Gasteiger partial charge in [0.1, 0.15) is 6.04 Å². The number of hydrogen-bond acceptors (Lipinski definition) is 2. The second-order valence-electron chi connectivity index (χ2n) is 6.92. The van der Waals surface area contributed by atoms with E-state index in [1.165, 1.54) is 11.1 Å². The van der Waals surface area contributed by atoms with Crippen LogP contribution in [-0.4, -0.2) is 29.3 Å². The molecule has 0 radical (unpaired) electrons. The Labute approximate surface area is 162 Å². The summed E-state index contributed by atoms with van der Waals surface area (Å²) in [6.07, 6.45) is 0.876. The third-order valence-corrected chi connectivity index (χ3v) is 4.86. The molecule has 2 aromatic carbocycles. The van der Waals surface area contributed by atoms with Gasteiger partial charge >= 0.3 is 0 Å². The van der Waals surface area contributed by atoms with Gasteiger partial charge in [-0.2, -0.15) is 0 Å². The molecule has 0 heterocycles. The van der Waals surface area contributed by atoms with Crippen molar-refractivity contribution in [1.82, 2.24) is 10.2 Å². The van der Waals surface area contributed by atoms with E-state index < -0.39 is 6.04 Å². The van der Waals surface area contributed by atoms with Crippen LogP contribution >= 0.6 is 0 Å². The lowest BCUT2D eigenvalue weighted by Crippen LogP contribution is -2.49. The van der Waals surface area contributed by atoms with E-state index in [0.29, 0.717) is 25.9 Å². The van der Waals surface area contributed by atoms with Gasteiger partial charge in [-0.15, -0.1) is 0 Å². The van der Waals surface area contributed by atoms with Crippen LogP contribution in [0.25, 0.3) is 0 Å². The maximum Gasteiger partial charge on any atom is 0.242 e. The number of aryl methyl sites for hydroxylation is 2. The largest absolute Gasteiger partial charge is 0.355 e. The van der Waals surface area contributed by atoms with Gasteiger partial charge in [-0.05, 0) is 49.4 Å². The Hall–Kier alpha value is -2.62. The summed E-state index contributed by atoms with van der Waals surface area (Å²) in [5, 5.41) is 2.87. The molecule has 0 aliphatic heterocycles. The van der Waals surface area contributed by atoms with Crippen LogP contribution < -0.4 is 5.32 Å². The van der Waals surface area contributed by atoms with E-state index >= 15 is 0 Å². The zero-order chi connectivity index (χ0) is 19.8. The molecule has 2 amide bonds. The molecule has 27 heavy (non-hydrogen) atoms. The number of hydrogen-bond donors (Lipinski definition) is 1. The van der Waals surface area contributed by atoms with Gasteiger partial charge in [0.05, 0.1) is 6.42 Å². The first-order valence-electron chi connectivity index (χ1n) is 9.63. The molecule has 0 unspecified atom stereocenters. The number of carbonyl (C=O) groups is 2. The Kier molecular flexibility index (Phi) is 7.59. The quantitative estimate of drug-likeness (QED) is 0.773. The Balaban J connectivity index is 2.27. The molecular weight excluding hydrogens is 336 g/mol. The standard InChI is InChI=1S/C23H30N2O2/c1-5-21(23(27)24-6-2)25(16-19-10-8-7-9-11-19)22(26)15-20-13-12-17(3)18(4)14-20/h7-14,21H,5-6,15-16H2,1-4H3,(H,24,27)/t21-/m1/s1. The van der Waals surface area contributed by atoms with E-state index in [2.05, 4.69) is 25.2 Å². The summed E-state index contributed by atoms with van der Waals surface area (Å²) in [5.41, 5.74) is 4.38. The van der Waals surface area contributed by atoms with Crippen LogP contribution in [0.1, 0.15) is 42.5 Å². The van der Waals surface area contributed by atoms with E-state index in [9.17, 15) is 9.59 Å². The van der Waals surface area contributed by atoms with E-state index in [4.69, 9.17) is 0 Å². The number of rotatable bonds is 8. The van der Waals surface area contributed by atoms with Gasteiger partial charge in [0.25, 0.3) is 0 Å². The minimum Gasteiger partial charge on any atom is -0.355 e. The summed E-state index contributed by atoms with van der Waals surface area (Å²) in [6, 6.07) is 15.5.